The Bertz CT molecular complexity index is 938. The number of aryl methyl sites for hydroxylation is 1. The third-order valence-corrected chi connectivity index (χ3v) is 5.55. The maximum atomic E-state index is 12.6. The number of ether oxygens (including phenoxy) is 2. The summed E-state index contributed by atoms with van der Waals surface area (Å²) in [7, 11) is 1.72. The lowest BCUT2D eigenvalue weighted by atomic mass is 10.0. The van der Waals surface area contributed by atoms with Crippen LogP contribution in [0.4, 0.5) is 10.5 Å². The number of nitrogens with zero attached hydrogens (tertiary/aromatic N) is 3. The molecule has 168 valence electrons. The Morgan fingerprint density at radius 2 is 2.03 bits per heavy atom. The van der Waals surface area contributed by atoms with E-state index in [2.05, 4.69) is 26.3 Å². The lowest BCUT2D eigenvalue weighted by Crippen LogP contribution is -2.48. The fourth-order valence-corrected chi connectivity index (χ4v) is 3.90. The predicted octanol–water partition coefficient (Wildman–Crippen LogP) is 4.60. The maximum Gasteiger partial charge on any atom is 0.410 e. The largest absolute Gasteiger partial charge is 0.490 e. The molecule has 1 aliphatic rings. The Morgan fingerprint density at radius 3 is 2.68 bits per heavy atom. The van der Waals surface area contributed by atoms with Gasteiger partial charge in [0.05, 0.1) is 10.5 Å². The van der Waals surface area contributed by atoms with Gasteiger partial charge in [-0.3, -0.25) is 9.48 Å². The van der Waals surface area contributed by atoms with Gasteiger partial charge in [0.2, 0.25) is 0 Å². The molecule has 1 N–H and O–H groups in total. The van der Waals surface area contributed by atoms with Crippen molar-refractivity contribution in [3.63, 3.8) is 0 Å². The van der Waals surface area contributed by atoms with E-state index in [4.69, 9.17) is 9.47 Å². The summed E-state index contributed by atoms with van der Waals surface area (Å²) in [4.78, 5) is 26.7. The van der Waals surface area contributed by atoms with Crippen molar-refractivity contribution >= 4 is 33.6 Å². The van der Waals surface area contributed by atoms with Crippen LogP contribution in [0.1, 0.15) is 50.5 Å². The Morgan fingerprint density at radius 1 is 1.26 bits per heavy atom. The number of hydrogen-bond acceptors (Lipinski definition) is 5. The van der Waals surface area contributed by atoms with Crippen LogP contribution in [0.25, 0.3) is 0 Å². The van der Waals surface area contributed by atoms with E-state index < -0.39 is 5.60 Å². The van der Waals surface area contributed by atoms with Crippen molar-refractivity contribution in [2.45, 2.75) is 51.7 Å². The average Bonchev–Trinajstić information content (AvgIpc) is 3.12. The number of amides is 2. The maximum absolute atomic E-state index is 12.6. The highest BCUT2D eigenvalue weighted by atomic mass is 79.9. The second-order valence-electron chi connectivity index (χ2n) is 8.57. The fourth-order valence-electron chi connectivity index (χ4n) is 3.41. The quantitative estimate of drug-likeness (QED) is 0.658. The lowest BCUT2D eigenvalue weighted by Gasteiger charge is -2.36. The first-order chi connectivity index (χ1) is 14.6. The van der Waals surface area contributed by atoms with Gasteiger partial charge in [0.25, 0.3) is 5.91 Å². The molecule has 1 aromatic carbocycles. The van der Waals surface area contributed by atoms with E-state index in [0.717, 1.165) is 23.7 Å². The monoisotopic (exact) mass is 492 g/mol. The first-order valence-electron chi connectivity index (χ1n) is 10.4. The number of aromatic nitrogens is 2. The van der Waals surface area contributed by atoms with Crippen molar-refractivity contribution in [2.24, 2.45) is 7.05 Å². The van der Waals surface area contributed by atoms with E-state index in [-0.39, 0.29) is 18.0 Å². The highest BCUT2D eigenvalue weighted by Crippen LogP contribution is 2.29. The molecule has 1 saturated heterocycles. The minimum Gasteiger partial charge on any atom is -0.490 e. The first kappa shape index (κ1) is 23.1. The van der Waals surface area contributed by atoms with E-state index in [1.54, 1.807) is 42.4 Å². The molecule has 1 aliphatic heterocycles. The summed E-state index contributed by atoms with van der Waals surface area (Å²) in [5, 5.41) is 6.85. The Kier molecular flexibility index (Phi) is 7.25. The van der Waals surface area contributed by atoms with E-state index in [0.29, 0.717) is 30.3 Å². The van der Waals surface area contributed by atoms with Gasteiger partial charge in [0.15, 0.2) is 0 Å². The average molecular weight is 493 g/mol. The van der Waals surface area contributed by atoms with Crippen molar-refractivity contribution in [3.05, 3.63) is 40.6 Å². The van der Waals surface area contributed by atoms with Crippen LogP contribution in [-0.4, -0.2) is 51.5 Å². The minimum absolute atomic E-state index is 0.0419. The van der Waals surface area contributed by atoms with Gasteiger partial charge in [-0.1, -0.05) is 0 Å². The third-order valence-electron chi connectivity index (χ3n) is 4.93. The molecule has 1 fully saturated rings. The molecule has 0 aliphatic carbocycles. The molecule has 9 heteroatoms. The Labute approximate surface area is 191 Å². The van der Waals surface area contributed by atoms with Gasteiger partial charge in [-0.2, -0.15) is 5.10 Å². The lowest BCUT2D eigenvalue weighted by molar-refractivity contribution is 0.00356. The zero-order valence-corrected chi connectivity index (χ0v) is 19.9. The summed E-state index contributed by atoms with van der Waals surface area (Å²) >= 11 is 3.51. The van der Waals surface area contributed by atoms with Crippen molar-refractivity contribution in [1.82, 2.24) is 14.7 Å². The van der Waals surface area contributed by atoms with Crippen LogP contribution >= 0.6 is 15.9 Å². The van der Waals surface area contributed by atoms with Gasteiger partial charge in [0.1, 0.15) is 23.7 Å². The second kappa shape index (κ2) is 9.72. The smallest absolute Gasteiger partial charge is 0.410 e. The standard InChI is InChI=1S/C22H29BrN4O4/c1-22(2,3)31-21(29)27-12-6-5-7-16(27)14-30-19-9-8-15(13-17(19)23)25-20(28)18-10-11-24-26(18)4/h8-11,13,16H,5-7,12,14H2,1-4H3,(H,25,28)/t16-/m1/s1. The molecule has 1 aromatic heterocycles. The second-order valence-corrected chi connectivity index (χ2v) is 9.43. The first-order valence-corrected chi connectivity index (χ1v) is 11.1. The predicted molar refractivity (Wildman–Crippen MR) is 121 cm³/mol. The Hall–Kier alpha value is -2.55. The zero-order chi connectivity index (χ0) is 22.6. The van der Waals surface area contributed by atoms with Crippen molar-refractivity contribution < 1.29 is 19.1 Å². The van der Waals surface area contributed by atoms with Crippen molar-refractivity contribution in [1.29, 1.82) is 0 Å². The SMILES string of the molecule is Cn1nccc1C(=O)Nc1ccc(OC[C@H]2CCCCN2C(=O)OC(C)(C)C)c(Br)c1. The number of likely N-dealkylation sites (tertiary alicyclic amines) is 1. The van der Waals surface area contributed by atoms with Crippen molar-refractivity contribution in [3.8, 4) is 5.75 Å². The fraction of sp³-hybridized carbons (Fsp3) is 0.500. The number of piperidine rings is 1. The number of rotatable bonds is 5. The van der Waals surface area contributed by atoms with Gasteiger partial charge in [-0.05, 0) is 80.2 Å². The van der Waals surface area contributed by atoms with E-state index in [1.165, 1.54) is 4.68 Å². The van der Waals surface area contributed by atoms with E-state index in [9.17, 15) is 9.59 Å². The molecule has 2 heterocycles. The van der Waals surface area contributed by atoms with E-state index >= 15 is 0 Å². The van der Waals surface area contributed by atoms with Crippen LogP contribution in [0.2, 0.25) is 0 Å². The van der Waals surface area contributed by atoms with Gasteiger partial charge >= 0.3 is 6.09 Å². The van der Waals surface area contributed by atoms with Crippen molar-refractivity contribution in [2.75, 3.05) is 18.5 Å². The van der Waals surface area contributed by atoms with Crippen LogP contribution < -0.4 is 10.1 Å². The summed E-state index contributed by atoms with van der Waals surface area (Å²) in [6, 6.07) is 6.97. The molecule has 2 aromatic rings. The molecule has 0 unspecified atom stereocenters. The Balaban J connectivity index is 1.61. The molecule has 0 spiro atoms. The summed E-state index contributed by atoms with van der Waals surface area (Å²) in [5.74, 6) is 0.407. The number of benzene rings is 1. The normalized spacial score (nSPS) is 16.7. The summed E-state index contributed by atoms with van der Waals surface area (Å²) in [5.41, 5.74) is 0.577. The summed E-state index contributed by atoms with van der Waals surface area (Å²) < 4.78 is 13.8. The highest BCUT2D eigenvalue weighted by molar-refractivity contribution is 9.10. The zero-order valence-electron chi connectivity index (χ0n) is 18.4. The third kappa shape index (κ3) is 6.22. The molecule has 3 rings (SSSR count). The minimum atomic E-state index is -0.529. The van der Waals surface area contributed by atoms with Crippen LogP contribution in [0.15, 0.2) is 34.9 Å². The van der Waals surface area contributed by atoms with Crippen LogP contribution in [0.5, 0.6) is 5.75 Å². The molecular formula is C22H29BrN4O4. The number of halogens is 1. The molecule has 0 radical (unpaired) electrons. The van der Waals surface area contributed by atoms with Gasteiger partial charge in [-0.15, -0.1) is 0 Å². The van der Waals surface area contributed by atoms with Gasteiger partial charge in [0, 0.05) is 25.5 Å². The molecule has 1 atom stereocenters. The molecule has 0 saturated carbocycles. The molecule has 0 bridgehead atoms. The highest BCUT2D eigenvalue weighted by Gasteiger charge is 2.31. The molecule has 8 nitrogen and oxygen atoms in total. The van der Waals surface area contributed by atoms with Crippen LogP contribution in [0.3, 0.4) is 0 Å². The number of anilines is 1. The molecule has 2 amide bonds. The van der Waals surface area contributed by atoms with E-state index in [1.807, 2.05) is 20.8 Å². The molecule has 31 heavy (non-hydrogen) atoms. The number of carbonyl (C=O) groups excluding carboxylic acids is 2. The summed E-state index contributed by atoms with van der Waals surface area (Å²) in [6.07, 6.45) is 4.16. The number of carbonyl (C=O) groups is 2. The topological polar surface area (TPSA) is 85.7 Å². The van der Waals surface area contributed by atoms with Crippen LogP contribution in [0, 0.1) is 0 Å². The number of hydrogen-bond donors (Lipinski definition) is 1. The molecular weight excluding hydrogens is 464 g/mol. The number of nitrogens with one attached hydrogen (secondary N) is 1. The van der Waals surface area contributed by atoms with Gasteiger partial charge < -0.3 is 19.7 Å². The summed E-state index contributed by atoms with van der Waals surface area (Å²) in [6.45, 7) is 6.64. The van der Waals surface area contributed by atoms with Crippen LogP contribution in [-0.2, 0) is 11.8 Å². The van der Waals surface area contributed by atoms with Gasteiger partial charge in [-0.25, -0.2) is 4.79 Å².